The van der Waals surface area contributed by atoms with Gasteiger partial charge < -0.3 is 19.7 Å². The Morgan fingerprint density at radius 3 is 2.34 bits per heavy atom. The number of carboxylic acids is 1. The smallest absolute Gasteiger partial charge is 0.303 e. The molecule has 0 saturated carbocycles. The number of phenolic OH excluding ortho intramolecular Hbond substituents is 1. The second-order valence-corrected chi connectivity index (χ2v) is 9.45. The molecule has 3 aromatic rings. The second kappa shape index (κ2) is 12.3. The molecule has 0 aliphatic carbocycles. The first kappa shape index (κ1) is 26.2. The van der Waals surface area contributed by atoms with Crippen molar-refractivity contribution in [2.45, 2.75) is 38.2 Å². The highest BCUT2D eigenvalue weighted by Gasteiger charge is 2.17. The van der Waals surface area contributed by atoms with Crippen molar-refractivity contribution in [2.75, 3.05) is 12.9 Å². The number of phenols is 1. The van der Waals surface area contributed by atoms with Crippen LogP contribution >= 0.6 is 11.8 Å². The van der Waals surface area contributed by atoms with Gasteiger partial charge in [0.15, 0.2) is 5.78 Å². The van der Waals surface area contributed by atoms with Gasteiger partial charge >= 0.3 is 5.97 Å². The van der Waals surface area contributed by atoms with E-state index in [1.54, 1.807) is 36.0 Å². The molecule has 35 heavy (non-hydrogen) atoms. The average Bonchev–Trinajstić information content (AvgIpc) is 2.85. The highest BCUT2D eigenvalue weighted by atomic mass is 32.2. The molecular formula is C28H30O6S. The molecule has 3 rings (SSSR count). The van der Waals surface area contributed by atoms with Crippen molar-refractivity contribution in [1.82, 2.24) is 0 Å². The number of carboxylic acid groups (broad SMARTS) is 1. The number of hydrogen-bond acceptors (Lipinski definition) is 6. The van der Waals surface area contributed by atoms with E-state index < -0.39 is 5.97 Å². The molecule has 3 aromatic carbocycles. The number of carbonyl (C=O) groups excluding carboxylic acids is 1. The number of aliphatic carboxylic acids is 1. The molecule has 184 valence electrons. The van der Waals surface area contributed by atoms with Crippen LogP contribution in [-0.4, -0.2) is 34.8 Å². The largest absolute Gasteiger partial charge is 0.507 e. The Morgan fingerprint density at radius 2 is 1.71 bits per heavy atom. The first-order valence-corrected chi connectivity index (χ1v) is 12.6. The summed E-state index contributed by atoms with van der Waals surface area (Å²) in [5.74, 6) is -0.123. The fourth-order valence-electron chi connectivity index (χ4n) is 3.39. The molecule has 0 aliphatic heterocycles. The standard InChI is InChI=1S/C28H30O6S/c1-18(2)16-33-22-8-11-24(25(29)15-22)28(32)21-6-12-26(20(14-21)7-13-27(30)31)34-17-19-4-9-23(35-3)10-5-19/h4-6,8-12,14-15,18,29H,7,13,16-17H2,1-3H3,(H,30,31). The first-order valence-electron chi connectivity index (χ1n) is 11.4. The number of ether oxygens (including phenoxy) is 2. The Hall–Kier alpha value is -3.45. The van der Waals surface area contributed by atoms with Crippen molar-refractivity contribution in [3.63, 3.8) is 0 Å². The number of ketones is 1. The van der Waals surface area contributed by atoms with Crippen LogP contribution in [0.15, 0.2) is 65.6 Å². The van der Waals surface area contributed by atoms with E-state index in [1.807, 2.05) is 44.4 Å². The number of carbonyl (C=O) groups is 2. The fourth-order valence-corrected chi connectivity index (χ4v) is 3.80. The quantitative estimate of drug-likeness (QED) is 0.236. The molecular weight excluding hydrogens is 464 g/mol. The summed E-state index contributed by atoms with van der Waals surface area (Å²) < 4.78 is 11.6. The second-order valence-electron chi connectivity index (χ2n) is 8.57. The van der Waals surface area contributed by atoms with Gasteiger partial charge in [0.25, 0.3) is 0 Å². The first-order chi connectivity index (χ1) is 16.8. The van der Waals surface area contributed by atoms with Crippen LogP contribution in [0.3, 0.4) is 0 Å². The van der Waals surface area contributed by atoms with Crippen LogP contribution < -0.4 is 9.47 Å². The summed E-state index contributed by atoms with van der Waals surface area (Å²) in [7, 11) is 0. The molecule has 0 bridgehead atoms. The minimum Gasteiger partial charge on any atom is -0.507 e. The Bertz CT molecular complexity index is 1170. The van der Waals surface area contributed by atoms with E-state index in [1.165, 1.54) is 12.1 Å². The van der Waals surface area contributed by atoms with Crippen molar-refractivity contribution in [1.29, 1.82) is 0 Å². The summed E-state index contributed by atoms with van der Waals surface area (Å²) in [4.78, 5) is 25.5. The van der Waals surface area contributed by atoms with Crippen molar-refractivity contribution < 1.29 is 29.3 Å². The number of aromatic hydroxyl groups is 1. The predicted octanol–water partition coefficient (Wildman–Crippen LogP) is 5.98. The number of hydrogen-bond donors (Lipinski definition) is 2. The van der Waals surface area contributed by atoms with Gasteiger partial charge in [0.2, 0.25) is 0 Å². The maximum absolute atomic E-state index is 13.1. The number of aryl methyl sites for hydroxylation is 1. The summed E-state index contributed by atoms with van der Waals surface area (Å²) in [6.45, 7) is 4.87. The van der Waals surface area contributed by atoms with Gasteiger partial charge in [-0.15, -0.1) is 11.8 Å². The summed E-state index contributed by atoms with van der Waals surface area (Å²) in [5.41, 5.74) is 2.09. The Kier molecular flexibility index (Phi) is 9.20. The number of thioether (sulfide) groups is 1. The number of benzene rings is 3. The zero-order chi connectivity index (χ0) is 25.4. The van der Waals surface area contributed by atoms with E-state index in [4.69, 9.17) is 14.6 Å². The van der Waals surface area contributed by atoms with E-state index in [-0.39, 0.29) is 29.9 Å². The molecule has 0 unspecified atom stereocenters. The zero-order valence-electron chi connectivity index (χ0n) is 20.1. The van der Waals surface area contributed by atoms with Gasteiger partial charge in [-0.1, -0.05) is 26.0 Å². The molecule has 2 N–H and O–H groups in total. The van der Waals surface area contributed by atoms with Crippen LogP contribution in [-0.2, 0) is 17.8 Å². The minimum atomic E-state index is -0.935. The van der Waals surface area contributed by atoms with Gasteiger partial charge in [0.1, 0.15) is 23.9 Å². The molecule has 0 fully saturated rings. The molecule has 0 aromatic heterocycles. The van der Waals surface area contributed by atoms with E-state index in [2.05, 4.69) is 0 Å². The SMILES string of the molecule is CSc1ccc(COc2ccc(C(=O)c3ccc(OCC(C)C)cc3O)cc2CCC(=O)O)cc1. The van der Waals surface area contributed by atoms with Crippen molar-refractivity contribution in [3.8, 4) is 17.2 Å². The molecule has 0 spiro atoms. The Morgan fingerprint density at radius 1 is 0.971 bits per heavy atom. The lowest BCUT2D eigenvalue weighted by atomic mass is 9.98. The molecule has 6 nitrogen and oxygen atoms in total. The molecule has 0 amide bonds. The van der Waals surface area contributed by atoms with Crippen LogP contribution in [0, 0.1) is 5.92 Å². The van der Waals surface area contributed by atoms with Crippen LogP contribution in [0.25, 0.3) is 0 Å². The molecule has 0 atom stereocenters. The summed E-state index contributed by atoms with van der Waals surface area (Å²) >= 11 is 1.66. The lowest BCUT2D eigenvalue weighted by molar-refractivity contribution is -0.136. The van der Waals surface area contributed by atoms with Gasteiger partial charge in [0, 0.05) is 22.9 Å². The van der Waals surface area contributed by atoms with Crippen molar-refractivity contribution >= 4 is 23.5 Å². The van der Waals surface area contributed by atoms with Crippen LogP contribution in [0.2, 0.25) is 0 Å². The van der Waals surface area contributed by atoms with E-state index >= 15 is 0 Å². The predicted molar refractivity (Wildman–Crippen MR) is 137 cm³/mol. The van der Waals surface area contributed by atoms with Crippen molar-refractivity contribution in [2.24, 2.45) is 5.92 Å². The van der Waals surface area contributed by atoms with Crippen LogP contribution in [0.5, 0.6) is 17.2 Å². The lowest BCUT2D eigenvalue weighted by Crippen LogP contribution is -2.07. The van der Waals surface area contributed by atoms with Gasteiger partial charge in [-0.05, 0) is 72.2 Å². The van der Waals surface area contributed by atoms with Crippen molar-refractivity contribution in [3.05, 3.63) is 82.9 Å². The molecule has 0 heterocycles. The molecule has 0 radical (unpaired) electrons. The van der Waals surface area contributed by atoms with E-state index in [9.17, 15) is 14.7 Å². The summed E-state index contributed by atoms with van der Waals surface area (Å²) in [6.07, 6.45) is 2.13. The highest BCUT2D eigenvalue weighted by Crippen LogP contribution is 2.29. The Labute approximate surface area is 209 Å². The topological polar surface area (TPSA) is 93.1 Å². The van der Waals surface area contributed by atoms with Gasteiger partial charge in [-0.2, -0.15) is 0 Å². The molecule has 0 aliphatic rings. The number of rotatable bonds is 12. The van der Waals surface area contributed by atoms with E-state index in [0.29, 0.717) is 41.8 Å². The summed E-state index contributed by atoms with van der Waals surface area (Å²) in [6, 6.07) is 17.6. The third kappa shape index (κ3) is 7.52. The third-order valence-corrected chi connectivity index (χ3v) is 6.02. The third-order valence-electron chi connectivity index (χ3n) is 5.28. The molecule has 7 heteroatoms. The monoisotopic (exact) mass is 494 g/mol. The molecule has 0 saturated heterocycles. The fraction of sp³-hybridized carbons (Fsp3) is 0.286. The zero-order valence-corrected chi connectivity index (χ0v) is 20.9. The average molecular weight is 495 g/mol. The lowest BCUT2D eigenvalue weighted by Gasteiger charge is -2.14. The minimum absolute atomic E-state index is 0.0937. The summed E-state index contributed by atoms with van der Waals surface area (Å²) in [5, 5.41) is 19.6. The highest BCUT2D eigenvalue weighted by molar-refractivity contribution is 7.98. The van der Waals surface area contributed by atoms with Gasteiger partial charge in [-0.25, -0.2) is 0 Å². The van der Waals surface area contributed by atoms with Crippen LogP contribution in [0.4, 0.5) is 0 Å². The Balaban J connectivity index is 1.80. The maximum Gasteiger partial charge on any atom is 0.303 e. The van der Waals surface area contributed by atoms with Gasteiger partial charge in [-0.3, -0.25) is 9.59 Å². The normalized spacial score (nSPS) is 10.9. The maximum atomic E-state index is 13.1. The van der Waals surface area contributed by atoms with Gasteiger partial charge in [0.05, 0.1) is 12.2 Å². The van der Waals surface area contributed by atoms with Crippen LogP contribution in [0.1, 0.15) is 47.3 Å². The van der Waals surface area contributed by atoms with E-state index in [0.717, 1.165) is 10.5 Å².